The average Bonchev–Trinajstić information content (AvgIpc) is 3.29. The Morgan fingerprint density at radius 1 is 0.889 bits per heavy atom. The number of carbonyl (C=O) groups excluding carboxylic acids is 3. The minimum Gasteiger partial charge on any atom is -0.497 e. The van der Waals surface area contributed by atoms with Gasteiger partial charge in [0.25, 0.3) is 5.91 Å². The number of rotatable bonds is 12. The molecule has 1 atom stereocenters. The van der Waals surface area contributed by atoms with Crippen LogP contribution in [0.2, 0.25) is 0 Å². The highest BCUT2D eigenvalue weighted by atomic mass is 32.1. The van der Waals surface area contributed by atoms with E-state index in [4.69, 9.17) is 21.7 Å². The molecule has 0 bridgehead atoms. The van der Waals surface area contributed by atoms with Crippen LogP contribution >= 0.6 is 12.2 Å². The number of hydrogen-bond acceptors (Lipinski definition) is 8. The molecular formula is C34H39N5O5S. The average molecular weight is 630 g/mol. The van der Waals surface area contributed by atoms with E-state index in [9.17, 15) is 14.4 Å². The van der Waals surface area contributed by atoms with Gasteiger partial charge in [-0.15, -0.1) is 0 Å². The summed E-state index contributed by atoms with van der Waals surface area (Å²) in [6, 6.07) is 23.3. The van der Waals surface area contributed by atoms with Crippen molar-refractivity contribution in [1.29, 1.82) is 0 Å². The van der Waals surface area contributed by atoms with Gasteiger partial charge in [0, 0.05) is 44.1 Å². The van der Waals surface area contributed by atoms with Gasteiger partial charge in [-0.05, 0) is 92.8 Å². The third-order valence-corrected chi connectivity index (χ3v) is 8.49. The number of thiocarbonyl (C=S) groups is 1. The number of nitrogens with zero attached hydrogens (tertiary/aromatic N) is 4. The Labute approximate surface area is 269 Å². The van der Waals surface area contributed by atoms with Crippen molar-refractivity contribution >= 4 is 52.2 Å². The van der Waals surface area contributed by atoms with Crippen molar-refractivity contribution in [3.8, 4) is 5.75 Å². The Bertz CT molecular complexity index is 1480. The van der Waals surface area contributed by atoms with Gasteiger partial charge < -0.3 is 24.6 Å². The SMILES string of the molecule is CCOC(=O)c1ccc(N2C(=O)[C@@H](CC(=O)Nc3ccc(OC)cc3)N(CCCN3CCN(c4ccccc4)CC3)C2=S)cc1. The first-order valence-electron chi connectivity index (χ1n) is 15.3. The zero-order valence-electron chi connectivity index (χ0n) is 25.7. The van der Waals surface area contributed by atoms with Crippen LogP contribution in [0.25, 0.3) is 0 Å². The predicted molar refractivity (Wildman–Crippen MR) is 179 cm³/mol. The van der Waals surface area contributed by atoms with E-state index in [2.05, 4.69) is 39.4 Å². The molecule has 5 rings (SSSR count). The third kappa shape index (κ3) is 7.79. The molecular weight excluding hydrogens is 590 g/mol. The van der Waals surface area contributed by atoms with Crippen molar-refractivity contribution < 1.29 is 23.9 Å². The lowest BCUT2D eigenvalue weighted by Gasteiger charge is -2.36. The van der Waals surface area contributed by atoms with E-state index in [-0.39, 0.29) is 24.8 Å². The van der Waals surface area contributed by atoms with E-state index in [1.165, 1.54) is 10.6 Å². The van der Waals surface area contributed by atoms with E-state index in [1.807, 2.05) is 11.0 Å². The van der Waals surface area contributed by atoms with Gasteiger partial charge in [0.15, 0.2) is 5.11 Å². The van der Waals surface area contributed by atoms with Crippen LogP contribution in [-0.2, 0) is 14.3 Å². The maximum Gasteiger partial charge on any atom is 0.338 e. The van der Waals surface area contributed by atoms with Crippen LogP contribution in [0.4, 0.5) is 17.1 Å². The molecule has 3 aromatic carbocycles. The molecule has 10 nitrogen and oxygen atoms in total. The number of para-hydroxylation sites is 1. The number of benzene rings is 3. The summed E-state index contributed by atoms with van der Waals surface area (Å²) >= 11 is 5.85. The maximum atomic E-state index is 13.8. The monoisotopic (exact) mass is 629 g/mol. The Morgan fingerprint density at radius 2 is 1.58 bits per heavy atom. The molecule has 11 heteroatoms. The normalized spacial score (nSPS) is 17.0. The molecule has 0 saturated carbocycles. The lowest BCUT2D eigenvalue weighted by atomic mass is 10.1. The summed E-state index contributed by atoms with van der Waals surface area (Å²) in [6.07, 6.45) is 0.725. The van der Waals surface area contributed by atoms with Gasteiger partial charge in [-0.25, -0.2) is 4.79 Å². The van der Waals surface area contributed by atoms with E-state index in [0.717, 1.165) is 39.1 Å². The molecule has 2 amide bonds. The van der Waals surface area contributed by atoms with Gasteiger partial charge in [-0.2, -0.15) is 0 Å². The number of hydrogen-bond donors (Lipinski definition) is 1. The molecule has 2 heterocycles. The zero-order chi connectivity index (χ0) is 31.8. The molecule has 2 aliphatic rings. The maximum absolute atomic E-state index is 13.8. The summed E-state index contributed by atoms with van der Waals surface area (Å²) in [7, 11) is 1.58. The van der Waals surface area contributed by atoms with Crippen LogP contribution in [0.3, 0.4) is 0 Å². The first-order valence-corrected chi connectivity index (χ1v) is 15.7. The minimum atomic E-state index is -0.754. The van der Waals surface area contributed by atoms with Gasteiger partial charge in [0.05, 0.1) is 31.4 Å². The van der Waals surface area contributed by atoms with Crippen molar-refractivity contribution in [3.05, 3.63) is 84.4 Å². The highest BCUT2D eigenvalue weighted by molar-refractivity contribution is 7.80. The van der Waals surface area contributed by atoms with Crippen molar-refractivity contribution in [2.45, 2.75) is 25.8 Å². The lowest BCUT2D eigenvalue weighted by molar-refractivity contribution is -0.124. The summed E-state index contributed by atoms with van der Waals surface area (Å²) in [5.41, 5.74) is 2.78. The second kappa shape index (κ2) is 15.0. The van der Waals surface area contributed by atoms with E-state index >= 15 is 0 Å². The van der Waals surface area contributed by atoms with E-state index < -0.39 is 12.0 Å². The summed E-state index contributed by atoms with van der Waals surface area (Å²) in [4.78, 5) is 47.3. The number of nitrogens with one attached hydrogen (secondary N) is 1. The van der Waals surface area contributed by atoms with Gasteiger partial charge in [-0.1, -0.05) is 18.2 Å². The second-order valence-corrected chi connectivity index (χ2v) is 11.3. The standard InChI is InChI=1S/C34H39N5O5S/c1-3-44-33(42)25-10-14-28(15-11-25)39-32(41)30(24-31(40)35-26-12-16-29(43-2)17-13-26)38(34(39)45)19-7-18-36-20-22-37(23-21-36)27-8-5-4-6-9-27/h4-6,8-17,30H,3,7,18-24H2,1-2H3,(H,35,40)/t30-/m1/s1. The molecule has 2 fully saturated rings. The summed E-state index contributed by atoms with van der Waals surface area (Å²) in [5.74, 6) is -0.312. The van der Waals surface area contributed by atoms with Crippen molar-refractivity contribution in [1.82, 2.24) is 9.80 Å². The molecule has 2 aliphatic heterocycles. The molecule has 236 valence electrons. The van der Waals surface area contributed by atoms with Crippen LogP contribution < -0.4 is 19.9 Å². The quantitative estimate of drug-likeness (QED) is 0.231. The fraction of sp³-hybridized carbons (Fsp3) is 0.353. The number of esters is 1. The first kappa shape index (κ1) is 31.9. The van der Waals surface area contributed by atoms with Crippen molar-refractivity contribution in [2.75, 3.05) is 68.1 Å². The van der Waals surface area contributed by atoms with Gasteiger partial charge in [0.2, 0.25) is 5.91 Å². The molecule has 0 radical (unpaired) electrons. The third-order valence-electron chi connectivity index (χ3n) is 8.07. The zero-order valence-corrected chi connectivity index (χ0v) is 26.5. The highest BCUT2D eigenvalue weighted by Crippen LogP contribution is 2.28. The van der Waals surface area contributed by atoms with E-state index in [0.29, 0.717) is 34.3 Å². The number of amides is 2. The van der Waals surface area contributed by atoms with Crippen LogP contribution in [0.5, 0.6) is 5.75 Å². The Morgan fingerprint density at radius 3 is 2.22 bits per heavy atom. The van der Waals surface area contributed by atoms with E-state index in [1.54, 1.807) is 62.6 Å². The number of carbonyl (C=O) groups is 3. The number of ether oxygens (including phenoxy) is 2. The first-order chi connectivity index (χ1) is 21.9. The van der Waals surface area contributed by atoms with Crippen LogP contribution in [0, 0.1) is 0 Å². The van der Waals surface area contributed by atoms with Gasteiger partial charge >= 0.3 is 5.97 Å². The molecule has 2 saturated heterocycles. The Balaban J connectivity index is 1.25. The summed E-state index contributed by atoms with van der Waals surface area (Å²) < 4.78 is 10.3. The molecule has 1 N–H and O–H groups in total. The molecule has 0 aliphatic carbocycles. The molecule has 45 heavy (non-hydrogen) atoms. The lowest BCUT2D eigenvalue weighted by Crippen LogP contribution is -2.47. The second-order valence-electron chi connectivity index (χ2n) is 10.9. The molecule has 0 unspecified atom stereocenters. The number of methoxy groups -OCH3 is 1. The summed E-state index contributed by atoms with van der Waals surface area (Å²) in [5, 5.41) is 3.24. The van der Waals surface area contributed by atoms with Crippen molar-refractivity contribution in [2.24, 2.45) is 0 Å². The largest absolute Gasteiger partial charge is 0.497 e. The highest BCUT2D eigenvalue weighted by Gasteiger charge is 2.44. The van der Waals surface area contributed by atoms with Crippen molar-refractivity contribution in [3.63, 3.8) is 0 Å². The van der Waals surface area contributed by atoms with Crippen LogP contribution in [0.15, 0.2) is 78.9 Å². The molecule has 3 aromatic rings. The molecule has 0 aromatic heterocycles. The minimum absolute atomic E-state index is 0.0574. The fourth-order valence-corrected chi connectivity index (χ4v) is 6.10. The smallest absolute Gasteiger partial charge is 0.338 e. The number of anilines is 3. The van der Waals surface area contributed by atoms with Crippen LogP contribution in [-0.4, -0.2) is 91.7 Å². The van der Waals surface area contributed by atoms with Gasteiger partial charge in [0.1, 0.15) is 11.8 Å². The Kier molecular flexibility index (Phi) is 10.6. The van der Waals surface area contributed by atoms with Gasteiger partial charge in [-0.3, -0.25) is 19.4 Å². The van der Waals surface area contributed by atoms with Crippen LogP contribution in [0.1, 0.15) is 30.1 Å². The predicted octanol–water partition coefficient (Wildman–Crippen LogP) is 4.42. The summed E-state index contributed by atoms with van der Waals surface area (Å²) in [6.45, 7) is 7.21. The number of piperazine rings is 1. The topological polar surface area (TPSA) is 94.7 Å². The molecule has 0 spiro atoms. The Hall–Kier alpha value is -4.48. The fourth-order valence-electron chi connectivity index (χ4n) is 5.68.